The molecule has 0 aromatic carbocycles. The number of carbonyl (C=O) groups is 1. The van der Waals surface area contributed by atoms with Crippen molar-refractivity contribution in [2.45, 2.75) is 13.8 Å². The summed E-state index contributed by atoms with van der Waals surface area (Å²) in [5.41, 5.74) is 0. The van der Waals surface area contributed by atoms with Gasteiger partial charge < -0.3 is 0 Å². The number of hydrogen-bond donors (Lipinski definition) is 0. The van der Waals surface area contributed by atoms with E-state index in [9.17, 15) is 13.2 Å². The number of rotatable bonds is 6. The van der Waals surface area contributed by atoms with Crippen LogP contribution in [0.3, 0.4) is 0 Å². The summed E-state index contributed by atoms with van der Waals surface area (Å²) < 4.78 is 21.4. The first-order valence-corrected chi connectivity index (χ1v) is 7.32. The molecule has 0 heterocycles. The van der Waals surface area contributed by atoms with Crippen molar-refractivity contribution in [2.24, 2.45) is 5.92 Å². The van der Waals surface area contributed by atoms with Gasteiger partial charge in [-0.25, -0.2) is 8.42 Å². The van der Waals surface area contributed by atoms with E-state index in [1.165, 1.54) is 18.0 Å². The van der Waals surface area contributed by atoms with E-state index >= 15 is 0 Å². The van der Waals surface area contributed by atoms with Gasteiger partial charge >= 0.3 is 0 Å². The maximum Gasteiger partial charge on any atom is 0.148 e. The van der Waals surface area contributed by atoms with Crippen LogP contribution in [0.5, 0.6) is 0 Å². The highest BCUT2D eigenvalue weighted by atomic mass is 32.2. The van der Waals surface area contributed by atoms with Crippen molar-refractivity contribution in [3.63, 3.8) is 0 Å². The molecule has 0 spiro atoms. The Hall–Kier alpha value is -0.0300. The summed E-state index contributed by atoms with van der Waals surface area (Å²) >= 11 is 1.39. The molecule has 0 atom stereocenters. The van der Waals surface area contributed by atoms with Crippen molar-refractivity contribution in [3.8, 4) is 0 Å². The van der Waals surface area contributed by atoms with E-state index in [0.717, 1.165) is 0 Å². The molecule has 0 aliphatic rings. The molecule has 0 N–H and O–H groups in total. The lowest BCUT2D eigenvalue weighted by atomic mass is 10.1. The topological polar surface area (TPSA) is 51.2 Å². The van der Waals surface area contributed by atoms with Gasteiger partial charge in [0.25, 0.3) is 0 Å². The molecule has 3 nitrogen and oxygen atoms in total. The third-order valence-corrected chi connectivity index (χ3v) is 3.67. The van der Waals surface area contributed by atoms with Crippen LogP contribution in [0, 0.1) is 5.92 Å². The average molecular weight is 224 g/mol. The van der Waals surface area contributed by atoms with Crippen LogP contribution in [0.1, 0.15) is 13.8 Å². The van der Waals surface area contributed by atoms with Gasteiger partial charge in [0.15, 0.2) is 0 Å². The second-order valence-electron chi connectivity index (χ2n) is 3.30. The van der Waals surface area contributed by atoms with Crippen molar-refractivity contribution >= 4 is 27.4 Å². The number of ketones is 1. The Morgan fingerprint density at radius 1 is 1.38 bits per heavy atom. The molecule has 0 aliphatic carbocycles. The number of sulfone groups is 1. The molecule has 13 heavy (non-hydrogen) atoms. The lowest BCUT2D eigenvalue weighted by molar-refractivity contribution is -0.119. The Labute approximate surface area is 84.2 Å². The van der Waals surface area contributed by atoms with Gasteiger partial charge in [-0.3, -0.25) is 4.79 Å². The average Bonchev–Trinajstić information content (AvgIpc) is 1.95. The second-order valence-corrected chi connectivity index (χ2v) is 6.67. The van der Waals surface area contributed by atoms with Gasteiger partial charge in [0.05, 0.1) is 11.5 Å². The molecule has 0 aliphatic heterocycles. The van der Waals surface area contributed by atoms with Crippen LogP contribution in [-0.2, 0) is 14.6 Å². The maximum absolute atomic E-state index is 11.1. The molecule has 5 heteroatoms. The summed E-state index contributed by atoms with van der Waals surface area (Å²) in [5.74, 6) is 1.32. The van der Waals surface area contributed by atoms with Crippen molar-refractivity contribution in [2.75, 3.05) is 23.5 Å². The molecule has 0 aromatic heterocycles. The van der Waals surface area contributed by atoms with E-state index < -0.39 is 9.84 Å². The molecule has 78 valence electrons. The van der Waals surface area contributed by atoms with Crippen LogP contribution >= 0.6 is 11.8 Å². The fourth-order valence-electron chi connectivity index (χ4n) is 0.550. The Balaban J connectivity index is 3.53. The molecule has 0 aromatic rings. The van der Waals surface area contributed by atoms with Gasteiger partial charge in [-0.1, -0.05) is 13.8 Å². The van der Waals surface area contributed by atoms with E-state index in [-0.39, 0.29) is 17.5 Å². The minimum absolute atomic E-state index is 0.0470. The predicted molar refractivity (Wildman–Crippen MR) is 56.9 cm³/mol. The lowest BCUT2D eigenvalue weighted by Crippen LogP contribution is -2.12. The maximum atomic E-state index is 11.1. The molecule has 0 radical (unpaired) electrons. The van der Waals surface area contributed by atoms with Gasteiger partial charge in [0.2, 0.25) is 0 Å². The van der Waals surface area contributed by atoms with Crippen LogP contribution < -0.4 is 0 Å². The van der Waals surface area contributed by atoms with Crippen molar-refractivity contribution in [1.82, 2.24) is 0 Å². The van der Waals surface area contributed by atoms with E-state index in [1.807, 2.05) is 13.8 Å². The molecule has 0 amide bonds. The Kier molecular flexibility index (Phi) is 5.64. The molecule has 0 saturated carbocycles. The van der Waals surface area contributed by atoms with Crippen LogP contribution in [0.25, 0.3) is 0 Å². The lowest BCUT2D eigenvalue weighted by Gasteiger charge is -2.02. The number of Topliss-reactive ketones (excluding diaryl/α,β-unsaturated/α-hetero) is 1. The van der Waals surface area contributed by atoms with E-state index in [2.05, 4.69) is 0 Å². The molecule has 0 saturated heterocycles. The first-order valence-electron chi connectivity index (χ1n) is 4.11. The van der Waals surface area contributed by atoms with Gasteiger partial charge in [0, 0.05) is 17.9 Å². The summed E-state index contributed by atoms with van der Waals surface area (Å²) in [6.07, 6.45) is 1.21. The van der Waals surface area contributed by atoms with Gasteiger partial charge in [-0.15, -0.1) is 0 Å². The fourth-order valence-corrected chi connectivity index (χ4v) is 2.91. The quantitative estimate of drug-likeness (QED) is 0.631. The third kappa shape index (κ3) is 8.30. The Bertz CT molecular complexity index is 255. The summed E-state index contributed by atoms with van der Waals surface area (Å²) in [6.45, 7) is 3.69. The smallest absolute Gasteiger partial charge is 0.148 e. The minimum atomic E-state index is -2.87. The summed E-state index contributed by atoms with van der Waals surface area (Å²) in [5, 5.41) is 0. The minimum Gasteiger partial charge on any atom is -0.298 e. The normalized spacial score (nSPS) is 12.0. The van der Waals surface area contributed by atoms with Crippen molar-refractivity contribution in [1.29, 1.82) is 0 Å². The standard InChI is InChI=1S/C8H16O3S2/c1-7(2)8(9)6-12-4-5-13(3,10)11/h7H,4-6H2,1-3H3. The Morgan fingerprint density at radius 2 is 1.92 bits per heavy atom. The summed E-state index contributed by atoms with van der Waals surface area (Å²) in [4.78, 5) is 11.1. The second kappa shape index (κ2) is 5.65. The molecule has 0 bridgehead atoms. The van der Waals surface area contributed by atoms with Crippen LogP contribution in [0.2, 0.25) is 0 Å². The van der Waals surface area contributed by atoms with Crippen molar-refractivity contribution < 1.29 is 13.2 Å². The highest BCUT2D eigenvalue weighted by molar-refractivity contribution is 8.01. The van der Waals surface area contributed by atoms with E-state index in [4.69, 9.17) is 0 Å². The zero-order valence-electron chi connectivity index (χ0n) is 8.24. The van der Waals surface area contributed by atoms with Crippen LogP contribution in [0.15, 0.2) is 0 Å². The summed E-state index contributed by atoms with van der Waals surface area (Å²) in [7, 11) is -2.87. The predicted octanol–water partition coefficient (Wildman–Crippen LogP) is 0.989. The number of hydrogen-bond acceptors (Lipinski definition) is 4. The van der Waals surface area contributed by atoms with E-state index in [1.54, 1.807) is 0 Å². The number of carbonyl (C=O) groups excluding carboxylic acids is 1. The van der Waals surface area contributed by atoms with Crippen molar-refractivity contribution in [3.05, 3.63) is 0 Å². The summed E-state index contributed by atoms with van der Waals surface area (Å²) in [6, 6.07) is 0. The van der Waals surface area contributed by atoms with Gasteiger partial charge in [-0.05, 0) is 0 Å². The highest BCUT2D eigenvalue weighted by Gasteiger charge is 2.07. The first kappa shape index (κ1) is 13.0. The zero-order chi connectivity index (χ0) is 10.5. The van der Waals surface area contributed by atoms with Gasteiger partial charge in [0.1, 0.15) is 15.6 Å². The zero-order valence-corrected chi connectivity index (χ0v) is 9.87. The van der Waals surface area contributed by atoms with E-state index in [0.29, 0.717) is 11.5 Å². The largest absolute Gasteiger partial charge is 0.298 e. The molecular formula is C8H16O3S2. The van der Waals surface area contributed by atoms with Gasteiger partial charge in [-0.2, -0.15) is 11.8 Å². The third-order valence-electron chi connectivity index (χ3n) is 1.49. The Morgan fingerprint density at radius 3 is 2.31 bits per heavy atom. The first-order chi connectivity index (χ1) is 5.83. The van der Waals surface area contributed by atoms with Crippen LogP contribution in [0.4, 0.5) is 0 Å². The number of thioether (sulfide) groups is 1. The molecule has 0 fully saturated rings. The molecular weight excluding hydrogens is 208 g/mol. The highest BCUT2D eigenvalue weighted by Crippen LogP contribution is 2.05. The monoisotopic (exact) mass is 224 g/mol. The SMILES string of the molecule is CC(C)C(=O)CSCCS(C)(=O)=O. The molecule has 0 rings (SSSR count). The van der Waals surface area contributed by atoms with Crippen LogP contribution in [-0.4, -0.2) is 37.7 Å². The molecule has 0 unspecified atom stereocenters. The fraction of sp³-hybridized carbons (Fsp3) is 0.875.